The maximum Gasteiger partial charge on any atom is 0.223 e. The van der Waals surface area contributed by atoms with E-state index in [1.807, 2.05) is 18.2 Å². The number of hydrogen-bond acceptors (Lipinski definition) is 5. The summed E-state index contributed by atoms with van der Waals surface area (Å²) in [6.07, 6.45) is 0.240. The summed E-state index contributed by atoms with van der Waals surface area (Å²) >= 11 is 6.03. The smallest absolute Gasteiger partial charge is 0.223 e. The van der Waals surface area contributed by atoms with Gasteiger partial charge in [0.1, 0.15) is 5.75 Å². The fourth-order valence-corrected chi connectivity index (χ4v) is 2.04. The van der Waals surface area contributed by atoms with Gasteiger partial charge in [0.15, 0.2) is 12.5 Å². The topological polar surface area (TPSA) is 45.1 Å². The van der Waals surface area contributed by atoms with Crippen molar-refractivity contribution in [1.29, 1.82) is 0 Å². The second-order valence-electron chi connectivity index (χ2n) is 3.53. The predicted molar refractivity (Wildman–Crippen MR) is 66.4 cm³/mol. The van der Waals surface area contributed by atoms with Crippen LogP contribution in [0.15, 0.2) is 29.4 Å². The molecule has 0 aliphatic carbocycles. The minimum Gasteiger partial charge on any atom is -0.495 e. The van der Waals surface area contributed by atoms with Gasteiger partial charge in [-0.15, -0.1) is 5.10 Å². The number of hydrogen-bond donors (Lipinski definition) is 0. The van der Waals surface area contributed by atoms with Crippen LogP contribution in [0.3, 0.4) is 0 Å². The third kappa shape index (κ3) is 1.93. The van der Waals surface area contributed by atoms with Crippen molar-refractivity contribution in [2.45, 2.75) is 6.17 Å². The van der Waals surface area contributed by atoms with E-state index in [1.165, 1.54) is 5.01 Å². The highest BCUT2D eigenvalue weighted by atomic mass is 35.5. The molecule has 0 amide bonds. The molecule has 1 aliphatic rings. The average molecular weight is 254 g/mol. The van der Waals surface area contributed by atoms with Gasteiger partial charge in [0.25, 0.3) is 0 Å². The van der Waals surface area contributed by atoms with Gasteiger partial charge in [-0.2, -0.15) is 0 Å². The number of benzene rings is 1. The molecule has 0 fully saturated rings. The van der Waals surface area contributed by atoms with Gasteiger partial charge in [0.2, 0.25) is 5.29 Å². The molecule has 1 aromatic rings. The Labute approximate surface area is 104 Å². The molecular weight excluding hydrogens is 242 g/mol. The zero-order valence-corrected chi connectivity index (χ0v) is 10.3. The van der Waals surface area contributed by atoms with Crippen LogP contribution in [0.25, 0.3) is 0 Å². The van der Waals surface area contributed by atoms with Crippen molar-refractivity contribution in [1.82, 2.24) is 5.01 Å². The first-order chi connectivity index (χ1) is 8.19. The number of nitrogens with zero attached hydrogens (tertiary/aromatic N) is 3. The zero-order chi connectivity index (χ0) is 12.4. The molecule has 0 bridgehead atoms. The molecule has 0 spiro atoms. The standard InChI is InChI=1S/C11H12ClN3O2/c1-14-10(7-16)15(11(12)13-14)8-5-3-4-6-9(8)17-2/h3-7,10H,1-2H3. The maximum absolute atomic E-state index is 11.1. The molecule has 6 heteroatoms. The number of aldehydes is 1. The van der Waals surface area contributed by atoms with Gasteiger partial charge >= 0.3 is 0 Å². The summed E-state index contributed by atoms with van der Waals surface area (Å²) in [6, 6.07) is 7.33. The van der Waals surface area contributed by atoms with Gasteiger partial charge in [0, 0.05) is 7.05 Å². The number of anilines is 1. The molecule has 1 unspecified atom stereocenters. The van der Waals surface area contributed by atoms with Crippen LogP contribution < -0.4 is 9.64 Å². The minimum absolute atomic E-state index is 0.245. The van der Waals surface area contributed by atoms with Gasteiger partial charge in [-0.1, -0.05) is 12.1 Å². The lowest BCUT2D eigenvalue weighted by molar-refractivity contribution is -0.111. The van der Waals surface area contributed by atoms with Crippen LogP contribution in [-0.2, 0) is 4.79 Å². The number of rotatable bonds is 3. The highest BCUT2D eigenvalue weighted by Crippen LogP contribution is 2.32. The van der Waals surface area contributed by atoms with Crippen LogP contribution in [0.5, 0.6) is 5.75 Å². The molecule has 1 heterocycles. The normalized spacial score (nSPS) is 19.2. The van der Waals surface area contributed by atoms with Crippen LogP contribution in [0.1, 0.15) is 0 Å². The summed E-state index contributed by atoms with van der Waals surface area (Å²) < 4.78 is 5.24. The molecule has 1 atom stereocenters. The van der Waals surface area contributed by atoms with Gasteiger partial charge in [0.05, 0.1) is 12.8 Å². The Kier molecular flexibility index (Phi) is 3.19. The molecule has 0 aromatic heterocycles. The Balaban J connectivity index is 2.45. The molecule has 0 radical (unpaired) electrons. The van der Waals surface area contributed by atoms with Crippen LogP contribution in [0, 0.1) is 0 Å². The minimum atomic E-state index is -0.543. The Morgan fingerprint density at radius 1 is 1.47 bits per heavy atom. The number of amidine groups is 1. The van der Waals surface area contributed by atoms with Gasteiger partial charge in [-0.25, -0.2) is 0 Å². The second kappa shape index (κ2) is 4.63. The van der Waals surface area contributed by atoms with E-state index >= 15 is 0 Å². The highest BCUT2D eigenvalue weighted by molar-refractivity contribution is 6.68. The van der Waals surface area contributed by atoms with E-state index in [0.29, 0.717) is 11.4 Å². The molecule has 0 saturated heterocycles. The predicted octanol–water partition coefficient (Wildman–Crippen LogP) is 1.48. The summed E-state index contributed by atoms with van der Waals surface area (Å²) in [5, 5.41) is 5.78. The van der Waals surface area contributed by atoms with E-state index in [-0.39, 0.29) is 5.29 Å². The molecule has 0 N–H and O–H groups in total. The molecule has 2 rings (SSSR count). The summed E-state index contributed by atoms with van der Waals surface area (Å²) in [5.41, 5.74) is 0.713. The van der Waals surface area contributed by atoms with Crippen LogP contribution in [0.4, 0.5) is 5.69 Å². The van der Waals surface area contributed by atoms with Crippen molar-refractivity contribution in [3.63, 3.8) is 0 Å². The third-order valence-corrected chi connectivity index (χ3v) is 2.81. The molecule has 0 saturated carbocycles. The monoisotopic (exact) mass is 253 g/mol. The van der Waals surface area contributed by atoms with E-state index in [4.69, 9.17) is 16.3 Å². The molecule has 17 heavy (non-hydrogen) atoms. The first-order valence-electron chi connectivity index (χ1n) is 5.03. The Morgan fingerprint density at radius 2 is 2.18 bits per heavy atom. The lowest BCUT2D eigenvalue weighted by Gasteiger charge is -2.25. The number of halogens is 1. The Morgan fingerprint density at radius 3 is 2.82 bits per heavy atom. The largest absolute Gasteiger partial charge is 0.495 e. The first-order valence-corrected chi connectivity index (χ1v) is 5.41. The lowest BCUT2D eigenvalue weighted by Crippen LogP contribution is -2.41. The molecular formula is C11H12ClN3O2. The quantitative estimate of drug-likeness (QED) is 0.605. The van der Waals surface area contributed by atoms with Gasteiger partial charge < -0.3 is 4.74 Å². The van der Waals surface area contributed by atoms with Gasteiger partial charge in [-0.05, 0) is 23.7 Å². The zero-order valence-electron chi connectivity index (χ0n) is 9.50. The van der Waals surface area contributed by atoms with Crippen molar-refractivity contribution in [3.8, 4) is 5.75 Å². The number of ether oxygens (including phenoxy) is 1. The Hall–Kier alpha value is -1.75. The van der Waals surface area contributed by atoms with E-state index in [1.54, 1.807) is 25.1 Å². The lowest BCUT2D eigenvalue weighted by atomic mass is 10.2. The van der Waals surface area contributed by atoms with Crippen molar-refractivity contribution < 1.29 is 9.53 Å². The summed E-state index contributed by atoms with van der Waals surface area (Å²) in [7, 11) is 3.26. The van der Waals surface area contributed by atoms with Crippen LogP contribution in [-0.4, -0.2) is 36.9 Å². The SMILES string of the molecule is COc1ccccc1N1C(Cl)=NN(C)C1C=O. The summed E-state index contributed by atoms with van der Waals surface area (Å²) in [5.74, 6) is 0.642. The fraction of sp³-hybridized carbons (Fsp3) is 0.273. The molecule has 5 nitrogen and oxygen atoms in total. The van der Waals surface area contributed by atoms with E-state index < -0.39 is 6.17 Å². The van der Waals surface area contributed by atoms with Gasteiger partial charge in [-0.3, -0.25) is 14.7 Å². The number of para-hydroxylation sites is 2. The highest BCUT2D eigenvalue weighted by Gasteiger charge is 2.33. The number of hydrazone groups is 1. The fourth-order valence-electron chi connectivity index (χ4n) is 1.73. The molecule has 1 aliphatic heterocycles. The number of carbonyl (C=O) groups is 1. The van der Waals surface area contributed by atoms with E-state index in [0.717, 1.165) is 6.29 Å². The third-order valence-electron chi connectivity index (χ3n) is 2.55. The summed E-state index contributed by atoms with van der Waals surface area (Å²) in [6.45, 7) is 0. The van der Waals surface area contributed by atoms with Crippen LogP contribution >= 0.6 is 11.6 Å². The Bertz CT molecular complexity index is 464. The van der Waals surface area contributed by atoms with Crippen molar-refractivity contribution >= 4 is 28.9 Å². The van der Waals surface area contributed by atoms with Crippen molar-refractivity contribution in [2.75, 3.05) is 19.1 Å². The number of likely N-dealkylation sites (N-methyl/N-ethyl adjacent to an activating group) is 1. The summed E-state index contributed by atoms with van der Waals surface area (Å²) in [4.78, 5) is 12.7. The number of methoxy groups -OCH3 is 1. The van der Waals surface area contributed by atoms with Crippen molar-refractivity contribution in [3.05, 3.63) is 24.3 Å². The average Bonchev–Trinajstić information content (AvgIpc) is 2.63. The van der Waals surface area contributed by atoms with Crippen LogP contribution in [0.2, 0.25) is 0 Å². The van der Waals surface area contributed by atoms with E-state index in [2.05, 4.69) is 5.10 Å². The second-order valence-corrected chi connectivity index (χ2v) is 3.87. The molecule has 90 valence electrons. The molecule has 1 aromatic carbocycles. The van der Waals surface area contributed by atoms with Crippen molar-refractivity contribution in [2.24, 2.45) is 5.10 Å². The number of carbonyl (C=O) groups excluding carboxylic acids is 1. The first kappa shape index (κ1) is 11.7. The maximum atomic E-state index is 11.1. The van der Waals surface area contributed by atoms with E-state index in [9.17, 15) is 4.79 Å².